The van der Waals surface area contributed by atoms with Crippen molar-refractivity contribution in [3.8, 4) is 22.9 Å². The van der Waals surface area contributed by atoms with E-state index in [4.69, 9.17) is 14.6 Å². The molecular weight excluding hydrogens is 468 g/mol. The van der Waals surface area contributed by atoms with Gasteiger partial charge in [-0.2, -0.15) is 4.98 Å². The van der Waals surface area contributed by atoms with Gasteiger partial charge in [-0.1, -0.05) is 36.4 Å². The monoisotopic (exact) mass is 491 g/mol. The number of anilines is 2. The predicted molar refractivity (Wildman–Crippen MR) is 130 cm³/mol. The Bertz CT molecular complexity index is 1300. The van der Waals surface area contributed by atoms with Crippen LogP contribution in [0.1, 0.15) is 18.4 Å². The molecule has 184 valence electrons. The molecule has 0 aliphatic carbocycles. The number of rotatable bonds is 11. The van der Waals surface area contributed by atoms with E-state index in [2.05, 4.69) is 15.3 Å². The number of halogens is 2. The van der Waals surface area contributed by atoms with Crippen molar-refractivity contribution < 1.29 is 28.2 Å². The molecule has 0 amide bonds. The van der Waals surface area contributed by atoms with E-state index in [0.717, 1.165) is 5.56 Å². The van der Waals surface area contributed by atoms with E-state index >= 15 is 0 Å². The summed E-state index contributed by atoms with van der Waals surface area (Å²) in [5.41, 5.74) is 1.86. The third-order valence-electron chi connectivity index (χ3n) is 5.11. The minimum Gasteiger partial charge on any atom is -0.494 e. The van der Waals surface area contributed by atoms with Crippen LogP contribution >= 0.6 is 0 Å². The van der Waals surface area contributed by atoms with Gasteiger partial charge < -0.3 is 19.9 Å². The zero-order valence-electron chi connectivity index (χ0n) is 19.2. The molecule has 0 aliphatic heterocycles. The maximum absolute atomic E-state index is 14.0. The average molecular weight is 491 g/mol. The van der Waals surface area contributed by atoms with Crippen LogP contribution in [0, 0.1) is 11.6 Å². The van der Waals surface area contributed by atoms with Crippen LogP contribution in [0.4, 0.5) is 20.4 Å². The molecule has 36 heavy (non-hydrogen) atoms. The molecule has 0 aliphatic rings. The lowest BCUT2D eigenvalue weighted by atomic mass is 10.1. The van der Waals surface area contributed by atoms with E-state index in [0.29, 0.717) is 30.2 Å². The number of ether oxygens (including phenoxy) is 2. The van der Waals surface area contributed by atoms with Crippen LogP contribution in [-0.2, 0) is 11.4 Å². The lowest BCUT2D eigenvalue weighted by Crippen LogP contribution is -2.05. The summed E-state index contributed by atoms with van der Waals surface area (Å²) in [6.45, 7) is -0.0400. The summed E-state index contributed by atoms with van der Waals surface area (Å²) in [7, 11) is 0. The van der Waals surface area contributed by atoms with Crippen molar-refractivity contribution in [2.24, 2.45) is 0 Å². The summed E-state index contributed by atoms with van der Waals surface area (Å²) in [5, 5.41) is 11.8. The molecule has 3 aromatic carbocycles. The standard InChI is InChI=1S/C27H23F2N3O4/c28-22-8-4-9-23(29)21(22)17-36-25-16-24(18-6-2-1-3-7-18)31-27(32-25)30-19-11-13-20(14-12-19)35-15-5-10-26(33)34/h1-4,6-9,11-14,16H,5,10,15,17H2,(H,33,34)(H,30,31,32). The SMILES string of the molecule is O=C(O)CCCOc1ccc(Nc2nc(OCc3c(F)cccc3F)cc(-c3ccccc3)n2)cc1. The molecule has 2 N–H and O–H groups in total. The minimum absolute atomic E-state index is 0.0443. The first kappa shape index (κ1) is 24.6. The lowest BCUT2D eigenvalue weighted by Gasteiger charge is -2.12. The van der Waals surface area contributed by atoms with E-state index in [-0.39, 0.29) is 30.4 Å². The second-order valence-corrected chi connectivity index (χ2v) is 7.77. The van der Waals surface area contributed by atoms with Gasteiger partial charge in [-0.05, 0) is 42.8 Å². The molecule has 0 bridgehead atoms. The van der Waals surface area contributed by atoms with Crippen LogP contribution in [0.2, 0.25) is 0 Å². The molecule has 4 rings (SSSR count). The topological polar surface area (TPSA) is 93.6 Å². The first-order valence-corrected chi connectivity index (χ1v) is 11.2. The number of nitrogens with zero attached hydrogens (tertiary/aromatic N) is 2. The van der Waals surface area contributed by atoms with Crippen molar-refractivity contribution in [1.82, 2.24) is 9.97 Å². The van der Waals surface area contributed by atoms with Crippen molar-refractivity contribution >= 4 is 17.6 Å². The smallest absolute Gasteiger partial charge is 0.303 e. The van der Waals surface area contributed by atoms with Crippen LogP contribution in [0.5, 0.6) is 11.6 Å². The number of nitrogens with one attached hydrogen (secondary N) is 1. The van der Waals surface area contributed by atoms with Gasteiger partial charge in [0.15, 0.2) is 0 Å². The summed E-state index contributed by atoms with van der Waals surface area (Å²) in [5.74, 6) is -1.28. The molecule has 0 saturated carbocycles. The molecule has 1 heterocycles. The summed E-state index contributed by atoms with van der Waals surface area (Å²) in [6, 6.07) is 21.6. The second kappa shape index (κ2) is 11.7. The normalized spacial score (nSPS) is 10.6. The number of carboxylic acids is 1. The van der Waals surface area contributed by atoms with Crippen molar-refractivity contribution in [2.45, 2.75) is 19.4 Å². The first-order valence-electron chi connectivity index (χ1n) is 11.2. The van der Waals surface area contributed by atoms with Crippen molar-refractivity contribution in [1.29, 1.82) is 0 Å². The predicted octanol–water partition coefficient (Wildman–Crippen LogP) is 5.99. The number of carboxylic acid groups (broad SMARTS) is 1. The van der Waals surface area contributed by atoms with Gasteiger partial charge in [0.05, 0.1) is 17.9 Å². The Morgan fingerprint density at radius 1 is 0.889 bits per heavy atom. The third kappa shape index (κ3) is 6.75. The Labute approximate surface area is 206 Å². The Balaban J connectivity index is 1.51. The van der Waals surface area contributed by atoms with Gasteiger partial charge in [-0.3, -0.25) is 4.79 Å². The van der Waals surface area contributed by atoms with E-state index in [1.165, 1.54) is 18.2 Å². The van der Waals surface area contributed by atoms with E-state index in [9.17, 15) is 13.6 Å². The number of hydrogen-bond donors (Lipinski definition) is 2. The largest absolute Gasteiger partial charge is 0.494 e. The number of hydrogen-bond acceptors (Lipinski definition) is 6. The lowest BCUT2D eigenvalue weighted by molar-refractivity contribution is -0.137. The maximum Gasteiger partial charge on any atom is 0.303 e. The average Bonchev–Trinajstić information content (AvgIpc) is 2.87. The van der Waals surface area contributed by atoms with Gasteiger partial charge in [-0.25, -0.2) is 13.8 Å². The molecule has 0 radical (unpaired) electrons. The highest BCUT2D eigenvalue weighted by Gasteiger charge is 2.12. The molecule has 1 aromatic heterocycles. The van der Waals surface area contributed by atoms with Gasteiger partial charge >= 0.3 is 5.97 Å². The molecule has 7 nitrogen and oxygen atoms in total. The van der Waals surface area contributed by atoms with Crippen molar-refractivity contribution in [3.63, 3.8) is 0 Å². The van der Waals surface area contributed by atoms with E-state index in [1.807, 2.05) is 30.3 Å². The molecule has 0 fully saturated rings. The molecule has 0 atom stereocenters. The summed E-state index contributed by atoms with van der Waals surface area (Å²) in [6.07, 6.45) is 0.456. The molecule has 9 heteroatoms. The van der Waals surface area contributed by atoms with Crippen LogP contribution in [0.15, 0.2) is 78.9 Å². The van der Waals surface area contributed by atoms with Crippen LogP contribution in [-0.4, -0.2) is 27.7 Å². The second-order valence-electron chi connectivity index (χ2n) is 7.77. The Morgan fingerprint density at radius 3 is 2.31 bits per heavy atom. The summed E-state index contributed by atoms with van der Waals surface area (Å²) in [4.78, 5) is 19.5. The number of carbonyl (C=O) groups is 1. The third-order valence-corrected chi connectivity index (χ3v) is 5.11. The van der Waals surface area contributed by atoms with Crippen LogP contribution in [0.3, 0.4) is 0 Å². The van der Waals surface area contributed by atoms with Crippen LogP contribution in [0.25, 0.3) is 11.3 Å². The molecule has 4 aromatic rings. The molecular formula is C27H23F2N3O4. The van der Waals surface area contributed by atoms with Gasteiger partial charge in [0.25, 0.3) is 0 Å². The fourth-order valence-corrected chi connectivity index (χ4v) is 3.30. The zero-order chi connectivity index (χ0) is 25.3. The van der Waals surface area contributed by atoms with Crippen molar-refractivity contribution in [3.05, 3.63) is 96.1 Å². The van der Waals surface area contributed by atoms with Gasteiger partial charge in [-0.15, -0.1) is 0 Å². The number of aliphatic carboxylic acids is 1. The minimum atomic E-state index is -0.863. The fraction of sp³-hybridized carbons (Fsp3) is 0.148. The molecule has 0 spiro atoms. The highest BCUT2D eigenvalue weighted by Crippen LogP contribution is 2.26. The molecule has 0 unspecified atom stereocenters. The van der Waals surface area contributed by atoms with Gasteiger partial charge in [0, 0.05) is 23.7 Å². The first-order chi connectivity index (χ1) is 17.5. The fourth-order valence-electron chi connectivity index (χ4n) is 3.30. The Morgan fingerprint density at radius 2 is 1.61 bits per heavy atom. The van der Waals surface area contributed by atoms with Crippen LogP contribution < -0.4 is 14.8 Å². The van der Waals surface area contributed by atoms with E-state index < -0.39 is 17.6 Å². The Kier molecular flexibility index (Phi) is 8.02. The summed E-state index contributed by atoms with van der Waals surface area (Å²) < 4.78 is 39.3. The highest BCUT2D eigenvalue weighted by molar-refractivity contribution is 5.66. The summed E-state index contributed by atoms with van der Waals surface area (Å²) >= 11 is 0. The highest BCUT2D eigenvalue weighted by atomic mass is 19.1. The quantitative estimate of drug-likeness (QED) is 0.249. The number of benzene rings is 3. The number of aromatic nitrogens is 2. The Hall–Kier alpha value is -4.53. The van der Waals surface area contributed by atoms with E-state index in [1.54, 1.807) is 30.3 Å². The zero-order valence-corrected chi connectivity index (χ0v) is 19.2. The van der Waals surface area contributed by atoms with Gasteiger partial charge in [0.1, 0.15) is 24.0 Å². The van der Waals surface area contributed by atoms with Gasteiger partial charge in [0.2, 0.25) is 11.8 Å². The maximum atomic E-state index is 14.0. The molecule has 0 saturated heterocycles. The van der Waals surface area contributed by atoms with Crippen molar-refractivity contribution in [2.75, 3.05) is 11.9 Å².